The molecule has 156 valence electrons. The van der Waals surface area contributed by atoms with E-state index in [1.54, 1.807) is 6.08 Å². The summed E-state index contributed by atoms with van der Waals surface area (Å²) in [7, 11) is 0. The van der Waals surface area contributed by atoms with Crippen LogP contribution in [0.25, 0.3) is 6.08 Å². The number of hydrogen-bond donors (Lipinski definition) is 2. The highest BCUT2D eigenvalue weighted by molar-refractivity contribution is 5.93. The zero-order valence-electron chi connectivity index (χ0n) is 18.3. The van der Waals surface area contributed by atoms with Crippen molar-refractivity contribution in [3.05, 3.63) is 34.9 Å². The molecule has 0 radical (unpaired) electrons. The zero-order valence-corrected chi connectivity index (χ0v) is 18.3. The van der Waals surface area contributed by atoms with E-state index in [4.69, 9.17) is 5.11 Å². The Labute approximate surface area is 169 Å². The third-order valence-corrected chi connectivity index (χ3v) is 4.59. The summed E-state index contributed by atoms with van der Waals surface area (Å²) in [6.45, 7) is 14.3. The average molecular weight is 390 g/mol. The van der Waals surface area contributed by atoms with Gasteiger partial charge in [-0.05, 0) is 41.0 Å². The van der Waals surface area contributed by atoms with Crippen molar-refractivity contribution in [3.8, 4) is 5.75 Å². The first-order chi connectivity index (χ1) is 12.8. The Morgan fingerprint density at radius 3 is 1.93 bits per heavy atom. The molecule has 0 aromatic heterocycles. The Morgan fingerprint density at radius 2 is 1.54 bits per heavy atom. The number of carbonyl (C=O) groups excluding carboxylic acids is 1. The molecule has 2 N–H and O–H groups in total. The van der Waals surface area contributed by atoms with Crippen LogP contribution < -0.4 is 0 Å². The molecule has 1 rings (SSSR count). The maximum atomic E-state index is 12.5. The van der Waals surface area contributed by atoms with Crippen LogP contribution in [0.1, 0.15) is 78.0 Å². The molecule has 0 fully saturated rings. The molecule has 0 saturated heterocycles. The van der Waals surface area contributed by atoms with E-state index in [9.17, 15) is 14.7 Å². The molecule has 0 atom stereocenters. The van der Waals surface area contributed by atoms with Gasteiger partial charge >= 0.3 is 5.97 Å². The molecule has 0 heterocycles. The summed E-state index contributed by atoms with van der Waals surface area (Å²) < 4.78 is 0. The number of phenols is 1. The van der Waals surface area contributed by atoms with Crippen LogP contribution in [0.2, 0.25) is 0 Å². The minimum atomic E-state index is -1.02. The van der Waals surface area contributed by atoms with E-state index in [1.807, 2.05) is 60.6 Å². The Bertz CT molecular complexity index is 701. The van der Waals surface area contributed by atoms with Gasteiger partial charge in [-0.1, -0.05) is 54.9 Å². The van der Waals surface area contributed by atoms with Gasteiger partial charge in [-0.2, -0.15) is 0 Å². The number of carboxylic acid groups (broad SMARTS) is 1. The lowest BCUT2D eigenvalue weighted by Gasteiger charge is -2.28. The van der Waals surface area contributed by atoms with E-state index in [-0.39, 0.29) is 23.3 Å². The summed E-state index contributed by atoms with van der Waals surface area (Å²) in [5.74, 6) is -1.05. The third kappa shape index (κ3) is 6.70. The van der Waals surface area contributed by atoms with E-state index in [2.05, 4.69) is 0 Å². The third-order valence-electron chi connectivity index (χ3n) is 4.59. The van der Waals surface area contributed by atoms with Gasteiger partial charge in [0.1, 0.15) is 12.3 Å². The van der Waals surface area contributed by atoms with E-state index < -0.39 is 5.97 Å². The number of benzene rings is 1. The summed E-state index contributed by atoms with van der Waals surface area (Å²) in [5.41, 5.74) is 1.94. The molecule has 1 amide bonds. The number of carboxylic acids is 1. The van der Waals surface area contributed by atoms with Crippen molar-refractivity contribution in [2.45, 2.75) is 72.1 Å². The molecular weight excluding hydrogens is 354 g/mol. The molecule has 0 aliphatic rings. The SMILES string of the molecule is CCCCN(CC(=O)O)C(=O)/C=C/c1cc(C(C)(C)C)c(O)c(C(C)(C)C)c1. The van der Waals surface area contributed by atoms with Gasteiger partial charge in [0.2, 0.25) is 5.91 Å². The smallest absolute Gasteiger partial charge is 0.323 e. The lowest BCUT2D eigenvalue weighted by atomic mass is 9.78. The van der Waals surface area contributed by atoms with Crippen molar-refractivity contribution >= 4 is 18.0 Å². The summed E-state index contributed by atoms with van der Waals surface area (Å²) in [6, 6.07) is 3.78. The number of aliphatic carboxylic acids is 1. The van der Waals surface area contributed by atoms with Crippen molar-refractivity contribution in [2.75, 3.05) is 13.1 Å². The lowest BCUT2D eigenvalue weighted by molar-refractivity contribution is -0.142. The van der Waals surface area contributed by atoms with Gasteiger partial charge in [0.15, 0.2) is 0 Å². The van der Waals surface area contributed by atoms with Gasteiger partial charge in [0.05, 0.1) is 0 Å². The first kappa shape index (κ1) is 23.7. The molecule has 0 aliphatic carbocycles. The Kier molecular flexibility index (Phi) is 7.85. The van der Waals surface area contributed by atoms with E-state index in [1.165, 1.54) is 11.0 Å². The van der Waals surface area contributed by atoms with Crippen LogP contribution in [-0.4, -0.2) is 40.1 Å². The lowest BCUT2D eigenvalue weighted by Crippen LogP contribution is -2.35. The number of amides is 1. The van der Waals surface area contributed by atoms with Crippen LogP contribution in [0, 0.1) is 0 Å². The molecular formula is C23H35NO4. The number of phenolic OH excluding ortho intramolecular Hbond substituents is 1. The predicted octanol–water partition coefficient (Wildman–Crippen LogP) is 4.71. The summed E-state index contributed by atoms with van der Waals surface area (Å²) in [6.07, 6.45) is 4.76. The highest BCUT2D eigenvalue weighted by Crippen LogP contribution is 2.40. The average Bonchev–Trinajstić information content (AvgIpc) is 2.54. The summed E-state index contributed by atoms with van der Waals surface area (Å²) in [5, 5.41) is 19.8. The normalized spacial score (nSPS) is 12.4. The molecule has 0 saturated carbocycles. The highest BCUT2D eigenvalue weighted by Gasteiger charge is 2.26. The fourth-order valence-electron chi connectivity index (χ4n) is 2.95. The van der Waals surface area contributed by atoms with E-state index in [0.717, 1.165) is 29.5 Å². The molecule has 0 bridgehead atoms. The largest absolute Gasteiger partial charge is 0.507 e. The topological polar surface area (TPSA) is 77.8 Å². The van der Waals surface area contributed by atoms with Crippen molar-refractivity contribution in [3.63, 3.8) is 0 Å². The van der Waals surface area contributed by atoms with Crippen LogP contribution in [0.15, 0.2) is 18.2 Å². The van der Waals surface area contributed by atoms with E-state index in [0.29, 0.717) is 12.3 Å². The number of hydrogen-bond acceptors (Lipinski definition) is 3. The van der Waals surface area contributed by atoms with Gasteiger partial charge in [0.25, 0.3) is 0 Å². The van der Waals surface area contributed by atoms with Crippen molar-refractivity contribution < 1.29 is 19.8 Å². The number of nitrogens with zero attached hydrogens (tertiary/aromatic N) is 1. The second-order valence-electron chi connectivity index (χ2n) is 9.31. The number of carbonyl (C=O) groups is 2. The summed E-state index contributed by atoms with van der Waals surface area (Å²) in [4.78, 5) is 24.9. The molecule has 28 heavy (non-hydrogen) atoms. The molecule has 5 heteroatoms. The van der Waals surface area contributed by atoms with Crippen LogP contribution in [0.5, 0.6) is 5.75 Å². The molecule has 1 aromatic carbocycles. The molecule has 0 spiro atoms. The highest BCUT2D eigenvalue weighted by atomic mass is 16.4. The first-order valence-electron chi connectivity index (χ1n) is 9.84. The van der Waals surface area contributed by atoms with Gasteiger partial charge in [-0.15, -0.1) is 0 Å². The van der Waals surface area contributed by atoms with Gasteiger partial charge in [-0.3, -0.25) is 9.59 Å². The Morgan fingerprint density at radius 1 is 1.04 bits per heavy atom. The van der Waals surface area contributed by atoms with Gasteiger partial charge in [-0.25, -0.2) is 0 Å². The van der Waals surface area contributed by atoms with E-state index >= 15 is 0 Å². The van der Waals surface area contributed by atoms with Crippen LogP contribution in [-0.2, 0) is 20.4 Å². The molecule has 1 aromatic rings. The number of rotatable bonds is 7. The minimum absolute atomic E-state index is 0.256. The summed E-state index contributed by atoms with van der Waals surface area (Å²) >= 11 is 0. The van der Waals surface area contributed by atoms with Crippen molar-refractivity contribution in [1.82, 2.24) is 4.90 Å². The fourth-order valence-corrected chi connectivity index (χ4v) is 2.95. The maximum absolute atomic E-state index is 12.5. The fraction of sp³-hybridized carbons (Fsp3) is 0.565. The Hall–Kier alpha value is -2.30. The van der Waals surface area contributed by atoms with Crippen molar-refractivity contribution in [1.29, 1.82) is 0 Å². The zero-order chi connectivity index (χ0) is 21.7. The second-order valence-corrected chi connectivity index (χ2v) is 9.31. The second kappa shape index (κ2) is 9.26. The monoisotopic (exact) mass is 389 g/mol. The molecule has 0 unspecified atom stereocenters. The van der Waals surface area contributed by atoms with Crippen LogP contribution in [0.4, 0.5) is 0 Å². The van der Waals surface area contributed by atoms with Gasteiger partial charge < -0.3 is 15.1 Å². The van der Waals surface area contributed by atoms with Crippen LogP contribution >= 0.6 is 0 Å². The maximum Gasteiger partial charge on any atom is 0.323 e. The first-order valence-corrected chi connectivity index (χ1v) is 9.84. The quantitative estimate of drug-likeness (QED) is 0.662. The predicted molar refractivity (Wildman–Crippen MR) is 114 cm³/mol. The van der Waals surface area contributed by atoms with Crippen LogP contribution in [0.3, 0.4) is 0 Å². The minimum Gasteiger partial charge on any atom is -0.507 e. The molecule has 5 nitrogen and oxygen atoms in total. The number of unbranched alkanes of at least 4 members (excludes halogenated alkanes) is 1. The van der Waals surface area contributed by atoms with Crippen molar-refractivity contribution in [2.24, 2.45) is 0 Å². The standard InChI is InChI=1S/C23H35NO4/c1-8-9-12-24(15-20(26)27)19(25)11-10-16-13-17(22(2,3)4)21(28)18(14-16)23(5,6)7/h10-11,13-14,28H,8-9,12,15H2,1-7H3,(H,26,27)/b11-10+. The number of aromatic hydroxyl groups is 1. The van der Waals surface area contributed by atoms with Gasteiger partial charge in [0, 0.05) is 23.7 Å². The Balaban J connectivity index is 3.28. The molecule has 0 aliphatic heterocycles.